The van der Waals surface area contributed by atoms with Gasteiger partial charge in [0.25, 0.3) is 5.56 Å². The molecule has 1 atom stereocenters. The molecule has 1 aliphatic rings. The fourth-order valence-electron chi connectivity index (χ4n) is 1.78. The van der Waals surface area contributed by atoms with Gasteiger partial charge in [0.2, 0.25) is 0 Å². The van der Waals surface area contributed by atoms with Gasteiger partial charge in [-0.25, -0.2) is 4.98 Å². The minimum atomic E-state index is -0.0845. The number of nitrogens with one attached hydrogen (secondary N) is 2. The number of nitrogens with zero attached hydrogens (tertiary/aromatic N) is 2. The lowest BCUT2D eigenvalue weighted by Gasteiger charge is -2.23. The maximum Gasteiger partial charge on any atom is 0.293 e. The van der Waals surface area contributed by atoms with Crippen LogP contribution in [0.5, 0.6) is 0 Å². The van der Waals surface area contributed by atoms with Gasteiger partial charge in [-0.1, -0.05) is 0 Å². The molecule has 0 radical (unpaired) electrons. The monoisotopic (exact) mass is 238 g/mol. The number of rotatable bonds is 4. The van der Waals surface area contributed by atoms with Crippen molar-refractivity contribution in [3.63, 3.8) is 0 Å². The molecule has 1 aliphatic heterocycles. The molecule has 1 unspecified atom stereocenters. The molecule has 0 amide bonds. The summed E-state index contributed by atoms with van der Waals surface area (Å²) in [5.74, 6) is 0.392. The fourth-order valence-corrected chi connectivity index (χ4v) is 1.78. The Labute approximate surface area is 100 Å². The van der Waals surface area contributed by atoms with Gasteiger partial charge in [-0.15, -0.1) is 0 Å². The van der Waals surface area contributed by atoms with Crippen molar-refractivity contribution < 1.29 is 4.74 Å². The largest absolute Gasteiger partial charge is 0.374 e. The van der Waals surface area contributed by atoms with Crippen LogP contribution in [0.25, 0.3) is 0 Å². The van der Waals surface area contributed by atoms with Crippen LogP contribution in [0.3, 0.4) is 0 Å². The highest BCUT2D eigenvalue weighted by molar-refractivity contribution is 5.30. The Morgan fingerprint density at radius 3 is 3.29 bits per heavy atom. The van der Waals surface area contributed by atoms with Crippen molar-refractivity contribution in [2.75, 3.05) is 31.6 Å². The highest BCUT2D eigenvalue weighted by Crippen LogP contribution is 1.98. The van der Waals surface area contributed by atoms with Crippen molar-refractivity contribution in [1.82, 2.24) is 14.9 Å². The highest BCUT2D eigenvalue weighted by Gasteiger charge is 2.13. The molecule has 2 N–H and O–H groups in total. The first-order valence-corrected chi connectivity index (χ1v) is 5.93. The van der Waals surface area contributed by atoms with Gasteiger partial charge in [0.1, 0.15) is 0 Å². The first-order chi connectivity index (χ1) is 8.31. The van der Waals surface area contributed by atoms with Gasteiger partial charge in [-0.3, -0.25) is 4.79 Å². The van der Waals surface area contributed by atoms with Crippen LogP contribution in [0, 0.1) is 0 Å². The summed E-state index contributed by atoms with van der Waals surface area (Å²) in [7, 11) is 0. The molecule has 0 aromatic carbocycles. The summed E-state index contributed by atoms with van der Waals surface area (Å²) in [5.41, 5.74) is -0.0845. The molecule has 17 heavy (non-hydrogen) atoms. The Balaban J connectivity index is 1.96. The lowest BCUT2D eigenvalue weighted by Crippen LogP contribution is -2.42. The molecule has 2 rings (SSSR count). The van der Waals surface area contributed by atoms with Crippen molar-refractivity contribution in [3.8, 4) is 0 Å². The predicted molar refractivity (Wildman–Crippen MR) is 65.3 cm³/mol. The lowest BCUT2D eigenvalue weighted by molar-refractivity contribution is 0.0371. The summed E-state index contributed by atoms with van der Waals surface area (Å²) in [4.78, 5) is 15.9. The van der Waals surface area contributed by atoms with Crippen LogP contribution in [-0.4, -0.2) is 41.9 Å². The second-order valence-electron chi connectivity index (χ2n) is 3.94. The molecule has 6 nitrogen and oxygen atoms in total. The average molecular weight is 238 g/mol. The van der Waals surface area contributed by atoms with Gasteiger partial charge in [0.15, 0.2) is 5.82 Å². The van der Waals surface area contributed by atoms with Crippen molar-refractivity contribution >= 4 is 5.82 Å². The van der Waals surface area contributed by atoms with E-state index in [4.69, 9.17) is 4.74 Å². The van der Waals surface area contributed by atoms with Gasteiger partial charge in [0, 0.05) is 38.6 Å². The molecule has 0 saturated carbocycles. The zero-order valence-electron chi connectivity index (χ0n) is 9.98. The van der Waals surface area contributed by atoms with E-state index in [0.29, 0.717) is 25.5 Å². The van der Waals surface area contributed by atoms with Crippen molar-refractivity contribution in [1.29, 1.82) is 0 Å². The Kier molecular flexibility index (Phi) is 4.11. The molecule has 94 valence electrons. The maximum absolute atomic E-state index is 11.9. The molecule has 0 bridgehead atoms. The zero-order valence-corrected chi connectivity index (χ0v) is 9.98. The van der Waals surface area contributed by atoms with Gasteiger partial charge in [-0.2, -0.15) is 0 Å². The topological polar surface area (TPSA) is 68.2 Å². The van der Waals surface area contributed by atoms with Crippen LogP contribution < -0.4 is 16.2 Å². The van der Waals surface area contributed by atoms with E-state index in [1.54, 1.807) is 17.0 Å². The maximum atomic E-state index is 11.9. The van der Waals surface area contributed by atoms with Crippen molar-refractivity contribution in [3.05, 3.63) is 22.7 Å². The van der Waals surface area contributed by atoms with E-state index < -0.39 is 0 Å². The van der Waals surface area contributed by atoms with Crippen molar-refractivity contribution in [2.45, 2.75) is 19.6 Å². The summed E-state index contributed by atoms with van der Waals surface area (Å²) in [6, 6.07) is 0. The van der Waals surface area contributed by atoms with E-state index in [1.165, 1.54) is 0 Å². The number of hydrogen-bond acceptors (Lipinski definition) is 5. The van der Waals surface area contributed by atoms with Crippen LogP contribution in [0.1, 0.15) is 6.92 Å². The van der Waals surface area contributed by atoms with E-state index in [1.807, 2.05) is 6.92 Å². The Morgan fingerprint density at radius 2 is 2.59 bits per heavy atom. The third-order valence-corrected chi connectivity index (χ3v) is 2.76. The molecular formula is C11H18N4O2. The molecular weight excluding hydrogens is 220 g/mol. The summed E-state index contributed by atoms with van der Waals surface area (Å²) in [6.45, 7) is 5.60. The quantitative estimate of drug-likeness (QED) is 0.751. The first-order valence-electron chi connectivity index (χ1n) is 5.93. The second-order valence-corrected chi connectivity index (χ2v) is 3.94. The van der Waals surface area contributed by atoms with Crippen LogP contribution >= 0.6 is 0 Å². The molecule has 6 heteroatoms. The lowest BCUT2D eigenvalue weighted by atomic mass is 10.3. The average Bonchev–Trinajstić information content (AvgIpc) is 2.39. The normalized spacial score (nSPS) is 20.2. The predicted octanol–water partition coefficient (Wildman–Crippen LogP) is -0.336. The Morgan fingerprint density at radius 1 is 1.71 bits per heavy atom. The second kappa shape index (κ2) is 5.79. The fraction of sp³-hybridized carbons (Fsp3) is 0.636. The van der Waals surface area contributed by atoms with E-state index in [0.717, 1.165) is 13.1 Å². The molecule has 1 aromatic heterocycles. The molecule has 2 heterocycles. The molecule has 0 aliphatic carbocycles. The minimum Gasteiger partial charge on any atom is -0.374 e. The number of hydrogen-bond donors (Lipinski definition) is 2. The van der Waals surface area contributed by atoms with E-state index >= 15 is 0 Å². The zero-order chi connectivity index (χ0) is 12.1. The van der Waals surface area contributed by atoms with Crippen LogP contribution in [0.4, 0.5) is 5.82 Å². The molecule has 1 fully saturated rings. The molecule has 1 saturated heterocycles. The van der Waals surface area contributed by atoms with Crippen LogP contribution in [0.2, 0.25) is 0 Å². The molecule has 0 spiro atoms. The van der Waals surface area contributed by atoms with Gasteiger partial charge < -0.3 is 19.9 Å². The minimum absolute atomic E-state index is 0.0845. The highest BCUT2D eigenvalue weighted by atomic mass is 16.5. The molecule has 1 aromatic rings. The third kappa shape index (κ3) is 3.04. The summed E-state index contributed by atoms with van der Waals surface area (Å²) in [6.07, 6.45) is 3.42. The SMILES string of the molecule is CCn1ccnc(NCC2CNCCO2)c1=O. The standard InChI is InChI=1S/C11H18N4O2/c1-2-15-5-3-13-10(11(15)16)14-8-9-7-12-4-6-17-9/h3,5,9,12H,2,4,6-8H2,1H3,(H,13,14). The third-order valence-electron chi connectivity index (χ3n) is 2.76. The van der Waals surface area contributed by atoms with E-state index in [2.05, 4.69) is 15.6 Å². The smallest absolute Gasteiger partial charge is 0.293 e. The van der Waals surface area contributed by atoms with Crippen LogP contribution in [-0.2, 0) is 11.3 Å². The van der Waals surface area contributed by atoms with Crippen LogP contribution in [0.15, 0.2) is 17.2 Å². The van der Waals surface area contributed by atoms with Gasteiger partial charge >= 0.3 is 0 Å². The van der Waals surface area contributed by atoms with Crippen molar-refractivity contribution in [2.24, 2.45) is 0 Å². The van der Waals surface area contributed by atoms with E-state index in [9.17, 15) is 4.79 Å². The number of aryl methyl sites for hydroxylation is 1. The Bertz CT molecular complexity index is 412. The van der Waals surface area contributed by atoms with Gasteiger partial charge in [0.05, 0.1) is 12.7 Å². The number of morpholine rings is 1. The summed E-state index contributed by atoms with van der Waals surface area (Å²) >= 11 is 0. The summed E-state index contributed by atoms with van der Waals surface area (Å²) in [5, 5.41) is 6.29. The van der Waals surface area contributed by atoms with E-state index in [-0.39, 0.29) is 11.7 Å². The number of ether oxygens (including phenoxy) is 1. The number of anilines is 1. The first kappa shape index (κ1) is 12.1. The number of aromatic nitrogens is 2. The van der Waals surface area contributed by atoms with Gasteiger partial charge in [-0.05, 0) is 6.92 Å². The Hall–Kier alpha value is -1.40. The summed E-state index contributed by atoms with van der Waals surface area (Å²) < 4.78 is 7.15.